The van der Waals surface area contributed by atoms with Crippen LogP contribution < -0.4 is 15.1 Å². The van der Waals surface area contributed by atoms with Crippen molar-refractivity contribution >= 4 is 28.6 Å². The monoisotopic (exact) mass is 477 g/mol. The third-order valence-electron chi connectivity index (χ3n) is 5.76. The van der Waals surface area contributed by atoms with E-state index in [2.05, 4.69) is 73.4 Å². The Morgan fingerprint density at radius 3 is 2.57 bits per heavy atom. The summed E-state index contributed by atoms with van der Waals surface area (Å²) in [7, 11) is 0. The van der Waals surface area contributed by atoms with Crippen molar-refractivity contribution < 1.29 is 9.47 Å². The van der Waals surface area contributed by atoms with Crippen molar-refractivity contribution in [2.45, 2.75) is 26.7 Å². The molecule has 2 heterocycles. The number of morpholine rings is 1. The van der Waals surface area contributed by atoms with Crippen molar-refractivity contribution in [2.75, 3.05) is 62.9 Å². The molecule has 9 heteroatoms. The third-order valence-corrected chi connectivity index (χ3v) is 5.76. The standard InChI is InChI=1S/C26H35N7O2/c1-3-11-33(12-4-2)25-28-24(29-26(30-25)35-18-15-32-13-16-34-17-14-32)20-27-31-23-10-9-21-7-5-6-8-22(21)19-23/h5-10,19-20,31H,3-4,11-18H2,1-2H3/b27-20+. The lowest BCUT2D eigenvalue weighted by molar-refractivity contribution is 0.0317. The van der Waals surface area contributed by atoms with E-state index in [0.29, 0.717) is 24.4 Å². The van der Waals surface area contributed by atoms with Crippen LogP contribution in [0.25, 0.3) is 10.8 Å². The molecule has 0 aliphatic carbocycles. The van der Waals surface area contributed by atoms with E-state index in [1.165, 1.54) is 5.39 Å². The zero-order valence-electron chi connectivity index (χ0n) is 20.7. The quantitative estimate of drug-likeness (QED) is 0.311. The van der Waals surface area contributed by atoms with Crippen LogP contribution in [-0.4, -0.2) is 78.6 Å². The van der Waals surface area contributed by atoms with Crippen LogP contribution in [0.4, 0.5) is 11.6 Å². The lowest BCUT2D eigenvalue weighted by Crippen LogP contribution is -2.38. The molecule has 0 amide bonds. The van der Waals surface area contributed by atoms with Crippen LogP contribution in [0.3, 0.4) is 0 Å². The summed E-state index contributed by atoms with van der Waals surface area (Å²) in [6.07, 6.45) is 3.63. The molecule has 0 spiro atoms. The Morgan fingerprint density at radius 2 is 1.80 bits per heavy atom. The van der Waals surface area contributed by atoms with Gasteiger partial charge in [-0.15, -0.1) is 0 Å². The van der Waals surface area contributed by atoms with Crippen molar-refractivity contribution in [3.63, 3.8) is 0 Å². The predicted octanol–water partition coefficient (Wildman–Crippen LogP) is 3.81. The summed E-state index contributed by atoms with van der Waals surface area (Å²) in [5, 5.41) is 6.73. The number of fused-ring (bicyclic) bond motifs is 1. The Hall–Kier alpha value is -3.30. The molecule has 0 saturated carbocycles. The number of benzene rings is 2. The number of ether oxygens (including phenoxy) is 2. The van der Waals surface area contributed by atoms with E-state index in [9.17, 15) is 0 Å². The molecule has 2 aromatic carbocycles. The molecule has 1 N–H and O–H groups in total. The highest BCUT2D eigenvalue weighted by Crippen LogP contribution is 2.19. The highest BCUT2D eigenvalue weighted by atomic mass is 16.5. The van der Waals surface area contributed by atoms with Gasteiger partial charge in [-0.25, -0.2) is 0 Å². The number of hydrazone groups is 1. The smallest absolute Gasteiger partial charge is 0.321 e. The minimum absolute atomic E-state index is 0.327. The summed E-state index contributed by atoms with van der Waals surface area (Å²) in [5.41, 5.74) is 3.98. The number of hydrogen-bond donors (Lipinski definition) is 1. The largest absolute Gasteiger partial charge is 0.462 e. The molecule has 35 heavy (non-hydrogen) atoms. The molecule has 0 atom stereocenters. The van der Waals surface area contributed by atoms with Crippen LogP contribution in [0.15, 0.2) is 47.6 Å². The van der Waals surface area contributed by atoms with Gasteiger partial charge in [0.05, 0.1) is 25.1 Å². The second kappa shape index (κ2) is 13.0. The molecule has 9 nitrogen and oxygen atoms in total. The van der Waals surface area contributed by atoms with Crippen LogP contribution in [-0.2, 0) is 4.74 Å². The minimum Gasteiger partial charge on any atom is -0.462 e. The van der Waals surface area contributed by atoms with Crippen LogP contribution in [0.2, 0.25) is 0 Å². The average Bonchev–Trinajstić information content (AvgIpc) is 2.89. The normalized spacial score (nSPS) is 14.5. The molecule has 1 aliphatic rings. The van der Waals surface area contributed by atoms with E-state index < -0.39 is 0 Å². The second-order valence-electron chi connectivity index (χ2n) is 8.50. The first-order valence-corrected chi connectivity index (χ1v) is 12.5. The fourth-order valence-corrected chi connectivity index (χ4v) is 3.99. The van der Waals surface area contributed by atoms with Gasteiger partial charge in [-0.2, -0.15) is 20.1 Å². The van der Waals surface area contributed by atoms with Gasteiger partial charge in [-0.3, -0.25) is 10.3 Å². The Balaban J connectivity index is 1.47. The van der Waals surface area contributed by atoms with E-state index in [1.54, 1.807) is 6.21 Å². The molecule has 186 valence electrons. The van der Waals surface area contributed by atoms with Gasteiger partial charge in [-0.1, -0.05) is 44.2 Å². The number of aromatic nitrogens is 3. The molecule has 4 rings (SSSR count). The van der Waals surface area contributed by atoms with Gasteiger partial charge in [0.25, 0.3) is 0 Å². The molecule has 3 aromatic rings. The van der Waals surface area contributed by atoms with Crippen LogP contribution in [0.1, 0.15) is 32.5 Å². The fourth-order valence-electron chi connectivity index (χ4n) is 3.99. The SMILES string of the molecule is CCCN(CCC)c1nc(/C=N/Nc2ccc3ccccc3c2)nc(OCCN2CCOCC2)n1. The van der Waals surface area contributed by atoms with Gasteiger partial charge < -0.3 is 14.4 Å². The zero-order valence-corrected chi connectivity index (χ0v) is 20.7. The first-order chi connectivity index (χ1) is 17.2. The van der Waals surface area contributed by atoms with Gasteiger partial charge in [-0.05, 0) is 35.7 Å². The summed E-state index contributed by atoms with van der Waals surface area (Å²) in [5.74, 6) is 1.08. The third kappa shape index (κ3) is 7.34. The summed E-state index contributed by atoms with van der Waals surface area (Å²) < 4.78 is 11.4. The van der Waals surface area contributed by atoms with E-state index in [0.717, 1.165) is 69.9 Å². The molecule has 1 aromatic heterocycles. The highest BCUT2D eigenvalue weighted by molar-refractivity contribution is 5.86. The Labute approximate surface area is 207 Å². The first kappa shape index (κ1) is 24.8. The zero-order chi connectivity index (χ0) is 24.3. The maximum atomic E-state index is 5.96. The van der Waals surface area contributed by atoms with Crippen molar-refractivity contribution in [3.8, 4) is 6.01 Å². The van der Waals surface area contributed by atoms with Crippen LogP contribution in [0.5, 0.6) is 6.01 Å². The summed E-state index contributed by atoms with van der Waals surface area (Å²) in [6, 6.07) is 14.7. The lowest BCUT2D eigenvalue weighted by atomic mass is 10.1. The van der Waals surface area contributed by atoms with E-state index in [1.807, 2.05) is 18.2 Å². The molecule has 0 bridgehead atoms. The Morgan fingerprint density at radius 1 is 1.03 bits per heavy atom. The molecule has 0 unspecified atom stereocenters. The van der Waals surface area contributed by atoms with Gasteiger partial charge in [0.1, 0.15) is 6.61 Å². The number of rotatable bonds is 12. The van der Waals surface area contributed by atoms with Crippen LogP contribution in [0, 0.1) is 0 Å². The number of hydrogen-bond acceptors (Lipinski definition) is 9. The molecular formula is C26H35N7O2. The Kier molecular flexibility index (Phi) is 9.19. The van der Waals surface area contributed by atoms with E-state index >= 15 is 0 Å². The maximum absolute atomic E-state index is 5.96. The van der Waals surface area contributed by atoms with E-state index in [-0.39, 0.29) is 0 Å². The molecule has 1 saturated heterocycles. The van der Waals surface area contributed by atoms with Crippen molar-refractivity contribution in [3.05, 3.63) is 48.3 Å². The van der Waals surface area contributed by atoms with Gasteiger partial charge in [0, 0.05) is 32.7 Å². The van der Waals surface area contributed by atoms with Crippen molar-refractivity contribution in [1.29, 1.82) is 0 Å². The van der Waals surface area contributed by atoms with E-state index in [4.69, 9.17) is 9.47 Å². The van der Waals surface area contributed by atoms with Crippen molar-refractivity contribution in [2.24, 2.45) is 5.10 Å². The number of anilines is 2. The van der Waals surface area contributed by atoms with Gasteiger partial charge in [0.2, 0.25) is 5.95 Å². The molecule has 1 fully saturated rings. The highest BCUT2D eigenvalue weighted by Gasteiger charge is 2.14. The summed E-state index contributed by atoms with van der Waals surface area (Å²) in [6.45, 7) is 10.7. The van der Waals surface area contributed by atoms with Crippen LogP contribution >= 0.6 is 0 Å². The summed E-state index contributed by atoms with van der Waals surface area (Å²) >= 11 is 0. The van der Waals surface area contributed by atoms with Gasteiger partial charge in [0.15, 0.2) is 5.82 Å². The predicted molar refractivity (Wildman–Crippen MR) is 141 cm³/mol. The fraction of sp³-hybridized carbons (Fsp3) is 0.462. The Bertz CT molecular complexity index is 1100. The molecule has 1 aliphatic heterocycles. The minimum atomic E-state index is 0.327. The first-order valence-electron chi connectivity index (χ1n) is 12.5. The molecular weight excluding hydrogens is 442 g/mol. The molecule has 0 radical (unpaired) electrons. The average molecular weight is 478 g/mol. The number of nitrogens with one attached hydrogen (secondary N) is 1. The number of nitrogens with zero attached hydrogens (tertiary/aromatic N) is 6. The van der Waals surface area contributed by atoms with Crippen molar-refractivity contribution in [1.82, 2.24) is 19.9 Å². The maximum Gasteiger partial charge on any atom is 0.321 e. The van der Waals surface area contributed by atoms with Gasteiger partial charge >= 0.3 is 6.01 Å². The summed E-state index contributed by atoms with van der Waals surface area (Å²) in [4.78, 5) is 18.3. The lowest BCUT2D eigenvalue weighted by Gasteiger charge is -2.26. The topological polar surface area (TPSA) is 88.0 Å². The second-order valence-corrected chi connectivity index (χ2v) is 8.50.